The average Bonchev–Trinajstić information content (AvgIpc) is 3.16. The van der Waals surface area contributed by atoms with Gasteiger partial charge >= 0.3 is 0 Å². The van der Waals surface area contributed by atoms with Gasteiger partial charge in [0.05, 0.1) is 23.1 Å². The van der Waals surface area contributed by atoms with Crippen molar-refractivity contribution in [3.63, 3.8) is 0 Å². The highest BCUT2D eigenvalue weighted by Crippen LogP contribution is 2.31. The summed E-state index contributed by atoms with van der Waals surface area (Å²) >= 11 is 0. The predicted molar refractivity (Wildman–Crippen MR) is 126 cm³/mol. The van der Waals surface area contributed by atoms with Gasteiger partial charge in [-0.3, -0.25) is 0 Å². The Kier molecular flexibility index (Phi) is 7.07. The monoisotopic (exact) mass is 457 g/mol. The molecule has 1 unspecified atom stereocenters. The molecular weight excluding hydrogens is 426 g/mol. The first-order valence-electron chi connectivity index (χ1n) is 10.7. The molecule has 172 valence electrons. The molecule has 1 heterocycles. The molecule has 8 heteroatoms. The van der Waals surface area contributed by atoms with E-state index in [1.165, 1.54) is 0 Å². The number of rotatable bonds is 9. The number of nitrogens with zero attached hydrogens (tertiary/aromatic N) is 2. The molecule has 2 N–H and O–H groups in total. The normalized spacial score (nSPS) is 13.2. The Morgan fingerprint density at radius 1 is 1.12 bits per heavy atom. The minimum Gasteiger partial charge on any atom is -0.439 e. The standard InChI is InChI=1S/C24H31N3O4S/c1-6-27-23(31-21-13-11-18(12-14-21)17(3)28)16-22(25-27)19-9-8-10-20(15-19)24(4,5)26-32(29,30)7-2/h8-17,26,28H,6-7H2,1-5H3. The van der Waals surface area contributed by atoms with E-state index in [4.69, 9.17) is 4.74 Å². The van der Waals surface area contributed by atoms with E-state index in [0.717, 1.165) is 22.4 Å². The number of aliphatic hydroxyl groups excluding tert-OH is 1. The second-order valence-corrected chi connectivity index (χ2v) is 10.3. The van der Waals surface area contributed by atoms with Gasteiger partial charge < -0.3 is 9.84 Å². The molecule has 0 aliphatic heterocycles. The Morgan fingerprint density at radius 2 is 1.81 bits per heavy atom. The van der Waals surface area contributed by atoms with Crippen molar-refractivity contribution in [1.82, 2.24) is 14.5 Å². The minimum absolute atomic E-state index is 0.0237. The molecule has 1 atom stereocenters. The van der Waals surface area contributed by atoms with Gasteiger partial charge in [-0.25, -0.2) is 17.8 Å². The molecule has 0 saturated heterocycles. The molecule has 0 aliphatic rings. The molecule has 0 bridgehead atoms. The summed E-state index contributed by atoms with van der Waals surface area (Å²) in [5.41, 5.74) is 2.50. The molecule has 0 spiro atoms. The maximum atomic E-state index is 12.1. The van der Waals surface area contributed by atoms with Crippen molar-refractivity contribution in [3.8, 4) is 22.9 Å². The maximum absolute atomic E-state index is 12.1. The fourth-order valence-corrected chi connectivity index (χ4v) is 4.41. The summed E-state index contributed by atoms with van der Waals surface area (Å²) < 4.78 is 34.8. The van der Waals surface area contributed by atoms with Crippen LogP contribution in [0.25, 0.3) is 11.3 Å². The summed E-state index contributed by atoms with van der Waals surface area (Å²) in [6.07, 6.45) is -0.532. The number of benzene rings is 2. The summed E-state index contributed by atoms with van der Waals surface area (Å²) in [6, 6.07) is 16.8. The van der Waals surface area contributed by atoms with Crippen LogP contribution in [0.15, 0.2) is 54.6 Å². The van der Waals surface area contributed by atoms with E-state index in [9.17, 15) is 13.5 Å². The third-order valence-corrected chi connectivity index (χ3v) is 6.88. The second kappa shape index (κ2) is 9.44. The summed E-state index contributed by atoms with van der Waals surface area (Å²) in [6.45, 7) is 9.63. The molecule has 32 heavy (non-hydrogen) atoms. The van der Waals surface area contributed by atoms with Gasteiger partial charge in [-0.1, -0.05) is 30.3 Å². The quantitative estimate of drug-likeness (QED) is 0.490. The third-order valence-electron chi connectivity index (χ3n) is 5.30. The van der Waals surface area contributed by atoms with Crippen molar-refractivity contribution < 1.29 is 18.3 Å². The topological polar surface area (TPSA) is 93.5 Å². The van der Waals surface area contributed by atoms with Crippen molar-refractivity contribution in [2.24, 2.45) is 0 Å². The highest BCUT2D eigenvalue weighted by molar-refractivity contribution is 7.89. The molecular formula is C24H31N3O4S. The smallest absolute Gasteiger partial charge is 0.218 e. The van der Waals surface area contributed by atoms with E-state index in [0.29, 0.717) is 18.2 Å². The van der Waals surface area contributed by atoms with E-state index in [1.807, 2.05) is 75.4 Å². The molecule has 0 amide bonds. The zero-order valence-electron chi connectivity index (χ0n) is 19.2. The molecule has 0 fully saturated rings. The number of sulfonamides is 1. The first-order chi connectivity index (χ1) is 15.0. The van der Waals surface area contributed by atoms with Crippen LogP contribution in [0.3, 0.4) is 0 Å². The van der Waals surface area contributed by atoms with Crippen LogP contribution in [0, 0.1) is 0 Å². The number of ether oxygens (including phenoxy) is 1. The fraction of sp³-hybridized carbons (Fsp3) is 0.375. The molecule has 3 aromatic rings. The molecule has 3 rings (SSSR count). The van der Waals surface area contributed by atoms with Crippen molar-refractivity contribution in [2.45, 2.75) is 52.8 Å². The van der Waals surface area contributed by atoms with E-state index in [1.54, 1.807) is 18.5 Å². The van der Waals surface area contributed by atoms with Crippen LogP contribution < -0.4 is 9.46 Å². The Hall–Kier alpha value is -2.68. The molecule has 7 nitrogen and oxygen atoms in total. The van der Waals surface area contributed by atoms with Crippen molar-refractivity contribution in [3.05, 3.63) is 65.7 Å². The molecule has 0 aliphatic carbocycles. The Labute approximate surface area is 190 Å². The van der Waals surface area contributed by atoms with Crippen molar-refractivity contribution in [2.75, 3.05) is 5.75 Å². The highest BCUT2D eigenvalue weighted by Gasteiger charge is 2.26. The van der Waals surface area contributed by atoms with Crippen LogP contribution in [0.5, 0.6) is 11.6 Å². The molecule has 0 saturated carbocycles. The van der Waals surface area contributed by atoms with Crippen molar-refractivity contribution >= 4 is 10.0 Å². The number of aryl methyl sites for hydroxylation is 1. The predicted octanol–water partition coefficient (Wildman–Crippen LogP) is 4.59. The van der Waals surface area contributed by atoms with Gasteiger partial charge in [0.2, 0.25) is 15.9 Å². The van der Waals surface area contributed by atoms with E-state index < -0.39 is 21.7 Å². The van der Waals surface area contributed by atoms with Crippen LogP contribution >= 0.6 is 0 Å². The fourth-order valence-electron chi connectivity index (χ4n) is 3.37. The van der Waals surface area contributed by atoms with Crippen molar-refractivity contribution in [1.29, 1.82) is 0 Å². The van der Waals surface area contributed by atoms with Gasteiger partial charge in [0, 0.05) is 18.2 Å². The average molecular weight is 458 g/mol. The first kappa shape index (κ1) is 24.0. The van der Waals surface area contributed by atoms with Gasteiger partial charge in [0.1, 0.15) is 5.75 Å². The van der Waals surface area contributed by atoms with Crippen LogP contribution in [0.1, 0.15) is 51.8 Å². The Bertz CT molecular complexity index is 1170. The van der Waals surface area contributed by atoms with Gasteiger partial charge in [0.25, 0.3) is 0 Å². The lowest BCUT2D eigenvalue weighted by molar-refractivity contribution is 0.199. The number of aromatic nitrogens is 2. The minimum atomic E-state index is -3.36. The maximum Gasteiger partial charge on any atom is 0.218 e. The molecule has 1 aromatic heterocycles. The van der Waals surface area contributed by atoms with Crippen LogP contribution in [-0.4, -0.2) is 29.1 Å². The Morgan fingerprint density at radius 3 is 2.41 bits per heavy atom. The summed E-state index contributed by atoms with van der Waals surface area (Å²) in [4.78, 5) is 0. The lowest BCUT2D eigenvalue weighted by atomic mass is 9.93. The Balaban J connectivity index is 1.89. The zero-order chi connectivity index (χ0) is 23.5. The van der Waals surface area contributed by atoms with Crippen LogP contribution in [-0.2, 0) is 22.1 Å². The third kappa shape index (κ3) is 5.56. The molecule has 2 aromatic carbocycles. The zero-order valence-corrected chi connectivity index (χ0v) is 20.0. The van der Waals surface area contributed by atoms with Crippen LogP contribution in [0.4, 0.5) is 0 Å². The largest absolute Gasteiger partial charge is 0.439 e. The number of nitrogens with one attached hydrogen (secondary N) is 1. The van der Waals surface area contributed by atoms with E-state index in [-0.39, 0.29) is 5.75 Å². The molecule has 0 radical (unpaired) electrons. The van der Waals surface area contributed by atoms with Gasteiger partial charge in [-0.2, -0.15) is 5.10 Å². The van der Waals surface area contributed by atoms with Gasteiger partial charge in [-0.15, -0.1) is 0 Å². The summed E-state index contributed by atoms with van der Waals surface area (Å²) in [5, 5.41) is 14.3. The SMILES string of the molecule is CCn1nc(-c2cccc(C(C)(C)NS(=O)(=O)CC)c2)cc1Oc1ccc(C(C)O)cc1. The first-order valence-corrected chi connectivity index (χ1v) is 12.4. The number of aliphatic hydroxyl groups is 1. The summed E-state index contributed by atoms with van der Waals surface area (Å²) in [7, 11) is -3.36. The summed E-state index contributed by atoms with van der Waals surface area (Å²) in [5.74, 6) is 1.28. The highest BCUT2D eigenvalue weighted by atomic mass is 32.2. The van der Waals surface area contributed by atoms with E-state index in [2.05, 4.69) is 9.82 Å². The number of hydrogen-bond donors (Lipinski definition) is 2. The van der Waals surface area contributed by atoms with Gasteiger partial charge in [-0.05, 0) is 63.9 Å². The van der Waals surface area contributed by atoms with Gasteiger partial charge in [0.15, 0.2) is 0 Å². The lowest BCUT2D eigenvalue weighted by Crippen LogP contribution is -2.41. The second-order valence-electron chi connectivity index (χ2n) is 8.24. The van der Waals surface area contributed by atoms with Crippen LogP contribution in [0.2, 0.25) is 0 Å². The van der Waals surface area contributed by atoms with E-state index >= 15 is 0 Å². The lowest BCUT2D eigenvalue weighted by Gasteiger charge is -2.26. The number of hydrogen-bond acceptors (Lipinski definition) is 5.